The second-order valence-corrected chi connectivity index (χ2v) is 6.29. The molecule has 20 heavy (non-hydrogen) atoms. The number of carbonyl (C=O) groups excluding carboxylic acids is 1. The van der Waals surface area contributed by atoms with Gasteiger partial charge in [-0.1, -0.05) is 25.7 Å². The quantitative estimate of drug-likeness (QED) is 0.683. The summed E-state index contributed by atoms with van der Waals surface area (Å²) in [6.07, 6.45) is 6.52. The lowest BCUT2D eigenvalue weighted by Gasteiger charge is -2.25. The number of hydrogen-bond donors (Lipinski definition) is 1. The van der Waals surface area contributed by atoms with Crippen LogP contribution in [0.3, 0.4) is 0 Å². The third-order valence-corrected chi connectivity index (χ3v) is 5.07. The summed E-state index contributed by atoms with van der Waals surface area (Å²) in [5, 5.41) is 0.840. The van der Waals surface area contributed by atoms with E-state index < -0.39 is 5.54 Å². The number of thiazole rings is 1. The molecule has 0 aromatic carbocycles. The zero-order chi connectivity index (χ0) is 14.6. The molecule has 1 aliphatic rings. The van der Waals surface area contributed by atoms with E-state index in [1.165, 1.54) is 31.3 Å². The van der Waals surface area contributed by atoms with Gasteiger partial charge in [-0.3, -0.25) is 0 Å². The van der Waals surface area contributed by atoms with E-state index in [1.54, 1.807) is 7.11 Å². The van der Waals surface area contributed by atoms with Crippen molar-refractivity contribution in [3.8, 4) is 0 Å². The maximum absolute atomic E-state index is 11.8. The summed E-state index contributed by atoms with van der Waals surface area (Å²) in [6, 6.07) is 0. The van der Waals surface area contributed by atoms with Gasteiger partial charge in [0.25, 0.3) is 0 Å². The number of nitrogens with two attached hydrogens (primary N) is 1. The summed E-state index contributed by atoms with van der Waals surface area (Å²) in [4.78, 5) is 16.9. The highest BCUT2D eigenvalue weighted by molar-refractivity contribution is 7.13. The van der Waals surface area contributed by atoms with E-state index >= 15 is 0 Å². The lowest BCUT2D eigenvalue weighted by atomic mass is 9.92. The van der Waals surface area contributed by atoms with Crippen molar-refractivity contribution in [1.29, 1.82) is 0 Å². The lowest BCUT2D eigenvalue weighted by molar-refractivity contribution is 0.0601. The van der Waals surface area contributed by atoms with Crippen LogP contribution in [-0.4, -0.2) is 25.2 Å². The van der Waals surface area contributed by atoms with Crippen LogP contribution in [0.1, 0.15) is 58.9 Å². The van der Waals surface area contributed by atoms with Crippen molar-refractivity contribution in [3.63, 3.8) is 0 Å². The zero-order valence-electron chi connectivity index (χ0n) is 12.1. The molecule has 0 bridgehead atoms. The normalized spacial score (nSPS) is 18.6. The number of methoxy groups -OCH3 is 2. The summed E-state index contributed by atoms with van der Waals surface area (Å²) >= 11 is 1.36. The average molecular weight is 298 g/mol. The van der Waals surface area contributed by atoms with Gasteiger partial charge in [0, 0.05) is 7.11 Å². The number of ether oxygens (including phenoxy) is 2. The first-order valence-corrected chi connectivity index (χ1v) is 7.78. The Hall–Kier alpha value is -0.980. The molecule has 0 unspecified atom stereocenters. The molecule has 0 aliphatic heterocycles. The van der Waals surface area contributed by atoms with Gasteiger partial charge in [0.1, 0.15) is 9.88 Å². The Bertz CT molecular complexity index is 465. The first-order chi connectivity index (χ1) is 9.60. The van der Waals surface area contributed by atoms with Crippen molar-refractivity contribution in [1.82, 2.24) is 4.98 Å². The van der Waals surface area contributed by atoms with Crippen LogP contribution < -0.4 is 5.73 Å². The number of aromatic nitrogens is 1. The molecule has 1 aliphatic carbocycles. The van der Waals surface area contributed by atoms with E-state index in [0.717, 1.165) is 30.7 Å². The number of nitrogens with zero attached hydrogens (tertiary/aromatic N) is 1. The van der Waals surface area contributed by atoms with Crippen LogP contribution in [0.4, 0.5) is 0 Å². The van der Waals surface area contributed by atoms with E-state index in [9.17, 15) is 4.79 Å². The molecule has 1 aromatic heterocycles. The molecule has 2 N–H and O–H groups in total. The summed E-state index contributed by atoms with van der Waals surface area (Å²) in [5.41, 5.74) is 6.78. The Morgan fingerprint density at radius 1 is 1.30 bits per heavy atom. The highest BCUT2D eigenvalue weighted by atomic mass is 32.1. The summed E-state index contributed by atoms with van der Waals surface area (Å²) in [7, 11) is 2.96. The Labute approximate surface area is 123 Å². The monoisotopic (exact) mass is 298 g/mol. The molecule has 0 atom stereocenters. The van der Waals surface area contributed by atoms with Gasteiger partial charge in [0.05, 0.1) is 24.9 Å². The molecule has 6 heteroatoms. The predicted octanol–water partition coefficient (Wildman–Crippen LogP) is 2.58. The molecule has 112 valence electrons. The SMILES string of the molecule is COCc1nc(C2(N)CCCCCC2)sc1C(=O)OC. The van der Waals surface area contributed by atoms with Crippen LogP contribution in [0.5, 0.6) is 0 Å². The highest BCUT2D eigenvalue weighted by Gasteiger charge is 2.33. The molecule has 1 fully saturated rings. The fourth-order valence-electron chi connectivity index (χ4n) is 2.62. The van der Waals surface area contributed by atoms with Gasteiger partial charge in [-0.25, -0.2) is 9.78 Å². The Balaban J connectivity index is 2.33. The molecular weight excluding hydrogens is 276 g/mol. The fraction of sp³-hybridized carbons (Fsp3) is 0.714. The van der Waals surface area contributed by atoms with E-state index in [1.807, 2.05) is 0 Å². The lowest BCUT2D eigenvalue weighted by Crippen LogP contribution is -2.35. The van der Waals surface area contributed by atoms with Crippen molar-refractivity contribution >= 4 is 17.3 Å². The van der Waals surface area contributed by atoms with Crippen molar-refractivity contribution in [2.45, 2.75) is 50.7 Å². The Morgan fingerprint density at radius 3 is 2.50 bits per heavy atom. The zero-order valence-corrected chi connectivity index (χ0v) is 12.9. The molecule has 1 saturated carbocycles. The number of esters is 1. The molecule has 0 radical (unpaired) electrons. The second-order valence-electron chi connectivity index (χ2n) is 5.29. The fourth-order valence-corrected chi connectivity index (χ4v) is 3.77. The third-order valence-electron chi connectivity index (χ3n) is 3.77. The van der Waals surface area contributed by atoms with Crippen molar-refractivity contribution in [3.05, 3.63) is 15.6 Å². The van der Waals surface area contributed by atoms with Crippen LogP contribution >= 0.6 is 11.3 Å². The van der Waals surface area contributed by atoms with Crippen LogP contribution in [0, 0.1) is 0 Å². The second kappa shape index (κ2) is 6.65. The largest absolute Gasteiger partial charge is 0.465 e. The maximum atomic E-state index is 11.8. The van der Waals surface area contributed by atoms with Crippen LogP contribution in [0.15, 0.2) is 0 Å². The summed E-state index contributed by atoms with van der Waals surface area (Å²) < 4.78 is 9.93. The Morgan fingerprint density at radius 2 is 1.95 bits per heavy atom. The van der Waals surface area contributed by atoms with Crippen molar-refractivity contribution < 1.29 is 14.3 Å². The topological polar surface area (TPSA) is 74.4 Å². The molecule has 0 saturated heterocycles. The first kappa shape index (κ1) is 15.4. The van der Waals surface area contributed by atoms with Gasteiger partial charge in [-0.05, 0) is 12.8 Å². The van der Waals surface area contributed by atoms with Gasteiger partial charge in [0.15, 0.2) is 0 Å². The van der Waals surface area contributed by atoms with Gasteiger partial charge in [-0.15, -0.1) is 11.3 Å². The highest BCUT2D eigenvalue weighted by Crippen LogP contribution is 2.37. The molecule has 1 heterocycles. The number of hydrogen-bond acceptors (Lipinski definition) is 6. The molecule has 2 rings (SSSR count). The van der Waals surface area contributed by atoms with Crippen LogP contribution in [0.25, 0.3) is 0 Å². The third kappa shape index (κ3) is 3.19. The van der Waals surface area contributed by atoms with E-state index in [0.29, 0.717) is 17.2 Å². The smallest absolute Gasteiger partial charge is 0.350 e. The molecular formula is C14H22N2O3S. The minimum atomic E-state index is -0.407. The van der Waals surface area contributed by atoms with E-state index in [-0.39, 0.29) is 5.97 Å². The number of rotatable bonds is 4. The van der Waals surface area contributed by atoms with Crippen molar-refractivity contribution in [2.24, 2.45) is 5.73 Å². The Kier molecular flexibility index (Phi) is 5.12. The van der Waals surface area contributed by atoms with Gasteiger partial charge in [-0.2, -0.15) is 0 Å². The van der Waals surface area contributed by atoms with Gasteiger partial charge in [0.2, 0.25) is 0 Å². The van der Waals surface area contributed by atoms with Crippen molar-refractivity contribution in [2.75, 3.05) is 14.2 Å². The van der Waals surface area contributed by atoms with Gasteiger partial charge >= 0.3 is 5.97 Å². The maximum Gasteiger partial charge on any atom is 0.350 e. The standard InChI is InChI=1S/C14H22N2O3S/c1-18-9-10-11(12(17)19-2)20-13(16-10)14(15)7-5-3-4-6-8-14/h3-9,15H2,1-2H3. The first-order valence-electron chi connectivity index (χ1n) is 6.97. The minimum absolute atomic E-state index is 0.303. The molecule has 5 nitrogen and oxygen atoms in total. The summed E-state index contributed by atoms with van der Waals surface area (Å²) in [5.74, 6) is -0.363. The molecule has 1 aromatic rings. The average Bonchev–Trinajstić information content (AvgIpc) is 2.74. The minimum Gasteiger partial charge on any atom is -0.465 e. The number of carbonyl (C=O) groups is 1. The predicted molar refractivity (Wildman–Crippen MR) is 77.7 cm³/mol. The van der Waals surface area contributed by atoms with Crippen LogP contribution in [-0.2, 0) is 21.6 Å². The van der Waals surface area contributed by atoms with E-state index in [4.69, 9.17) is 15.2 Å². The summed E-state index contributed by atoms with van der Waals surface area (Å²) in [6.45, 7) is 0.303. The molecule has 0 spiro atoms. The van der Waals surface area contributed by atoms with Crippen LogP contribution in [0.2, 0.25) is 0 Å². The van der Waals surface area contributed by atoms with Gasteiger partial charge < -0.3 is 15.2 Å². The van der Waals surface area contributed by atoms with E-state index in [2.05, 4.69) is 4.98 Å². The molecule has 0 amide bonds.